The summed E-state index contributed by atoms with van der Waals surface area (Å²) in [6, 6.07) is 7.39. The van der Waals surface area contributed by atoms with Gasteiger partial charge >= 0.3 is 5.97 Å². The van der Waals surface area contributed by atoms with E-state index in [-0.39, 0.29) is 30.2 Å². The number of aromatic amines is 1. The fraction of sp³-hybridized carbons (Fsp3) is 0.250. The molecule has 0 fully saturated rings. The van der Waals surface area contributed by atoms with Crippen molar-refractivity contribution in [3.63, 3.8) is 0 Å². The molecule has 0 saturated carbocycles. The molecule has 7 heteroatoms. The molecule has 0 aliphatic carbocycles. The molecule has 7 nitrogen and oxygen atoms in total. The van der Waals surface area contributed by atoms with Crippen molar-refractivity contribution in [1.29, 1.82) is 0 Å². The first-order valence-electron chi connectivity index (χ1n) is 7.23. The Morgan fingerprint density at radius 3 is 2.78 bits per heavy atom. The van der Waals surface area contributed by atoms with Gasteiger partial charge in [-0.05, 0) is 13.0 Å². The predicted molar refractivity (Wildman–Crippen MR) is 83.0 cm³/mol. The topological polar surface area (TPSA) is 101 Å². The fourth-order valence-corrected chi connectivity index (χ4v) is 2.40. The Balaban J connectivity index is 1.73. The molecule has 0 bridgehead atoms. The average Bonchev–Trinajstić information content (AvgIpc) is 2.98. The summed E-state index contributed by atoms with van der Waals surface area (Å²) >= 11 is 0. The van der Waals surface area contributed by atoms with Gasteiger partial charge < -0.3 is 9.72 Å². The van der Waals surface area contributed by atoms with Crippen LogP contribution in [-0.2, 0) is 14.3 Å². The lowest BCUT2D eigenvalue weighted by atomic mass is 10.1. The third kappa shape index (κ3) is 2.98. The van der Waals surface area contributed by atoms with Crippen molar-refractivity contribution in [2.75, 3.05) is 0 Å². The molecule has 1 atom stereocenters. The second kappa shape index (κ2) is 6.04. The second-order valence-corrected chi connectivity index (χ2v) is 5.25. The Morgan fingerprint density at radius 2 is 2.04 bits per heavy atom. The SMILES string of the molecule is C[C@@H](OC(=O)C1=NNC(=O)CC1)C(=O)c1c[nH]c2ccccc12. The number of amides is 1. The number of para-hydroxylation sites is 1. The van der Waals surface area contributed by atoms with Crippen molar-refractivity contribution < 1.29 is 19.1 Å². The third-order valence-corrected chi connectivity index (χ3v) is 3.65. The van der Waals surface area contributed by atoms with E-state index >= 15 is 0 Å². The maximum Gasteiger partial charge on any atom is 0.355 e. The van der Waals surface area contributed by atoms with Crippen molar-refractivity contribution in [3.8, 4) is 0 Å². The van der Waals surface area contributed by atoms with Gasteiger partial charge in [-0.15, -0.1) is 0 Å². The summed E-state index contributed by atoms with van der Waals surface area (Å²) in [4.78, 5) is 38.5. The normalized spacial score (nSPS) is 15.7. The zero-order chi connectivity index (χ0) is 16.4. The zero-order valence-corrected chi connectivity index (χ0v) is 12.5. The molecular formula is C16H15N3O4. The van der Waals surface area contributed by atoms with Gasteiger partial charge in [0, 0.05) is 35.5 Å². The van der Waals surface area contributed by atoms with Crippen LogP contribution >= 0.6 is 0 Å². The van der Waals surface area contributed by atoms with Crippen LogP contribution in [0.2, 0.25) is 0 Å². The number of benzene rings is 1. The van der Waals surface area contributed by atoms with E-state index in [1.807, 2.05) is 24.3 Å². The summed E-state index contributed by atoms with van der Waals surface area (Å²) in [5, 5.41) is 4.44. The summed E-state index contributed by atoms with van der Waals surface area (Å²) < 4.78 is 5.18. The van der Waals surface area contributed by atoms with Crippen molar-refractivity contribution >= 4 is 34.3 Å². The van der Waals surface area contributed by atoms with E-state index in [4.69, 9.17) is 4.74 Å². The molecule has 2 N–H and O–H groups in total. The van der Waals surface area contributed by atoms with Crippen molar-refractivity contribution in [2.24, 2.45) is 5.10 Å². The largest absolute Gasteiger partial charge is 0.450 e. The molecule has 1 aliphatic heterocycles. The number of esters is 1. The van der Waals surface area contributed by atoms with E-state index < -0.39 is 12.1 Å². The lowest BCUT2D eigenvalue weighted by Gasteiger charge is -2.15. The Kier molecular flexibility index (Phi) is 3.92. The van der Waals surface area contributed by atoms with Gasteiger partial charge in [0.05, 0.1) is 0 Å². The number of Topliss-reactive ketones (excluding diaryl/α,β-unsaturated/α-hetero) is 1. The van der Waals surface area contributed by atoms with E-state index in [1.54, 1.807) is 6.20 Å². The summed E-state index contributed by atoms with van der Waals surface area (Å²) in [7, 11) is 0. The number of ether oxygens (including phenoxy) is 1. The highest BCUT2D eigenvalue weighted by Gasteiger charge is 2.26. The minimum absolute atomic E-state index is 0.114. The lowest BCUT2D eigenvalue weighted by Crippen LogP contribution is -2.34. The molecule has 3 rings (SSSR count). The molecule has 1 aliphatic rings. The van der Waals surface area contributed by atoms with Crippen LogP contribution in [0, 0.1) is 0 Å². The summed E-state index contributed by atoms with van der Waals surface area (Å²) in [5.74, 6) is -1.23. The van der Waals surface area contributed by atoms with Crippen LogP contribution in [-0.4, -0.2) is 34.5 Å². The number of H-pyrrole nitrogens is 1. The fourth-order valence-electron chi connectivity index (χ4n) is 2.40. The minimum Gasteiger partial charge on any atom is -0.450 e. The van der Waals surface area contributed by atoms with Crippen LogP contribution in [0.15, 0.2) is 35.6 Å². The summed E-state index contributed by atoms with van der Waals surface area (Å²) in [5.41, 5.74) is 3.65. The first kappa shape index (κ1) is 15.0. The van der Waals surface area contributed by atoms with Gasteiger partial charge in [-0.1, -0.05) is 18.2 Å². The van der Waals surface area contributed by atoms with Gasteiger partial charge in [-0.25, -0.2) is 10.2 Å². The van der Waals surface area contributed by atoms with Crippen LogP contribution in [0.1, 0.15) is 30.1 Å². The van der Waals surface area contributed by atoms with E-state index in [0.29, 0.717) is 5.56 Å². The average molecular weight is 313 g/mol. The highest BCUT2D eigenvalue weighted by Crippen LogP contribution is 2.20. The Labute approximate surface area is 131 Å². The molecule has 1 aromatic heterocycles. The number of aromatic nitrogens is 1. The van der Waals surface area contributed by atoms with Gasteiger partial charge in [0.25, 0.3) is 0 Å². The molecule has 0 saturated heterocycles. The van der Waals surface area contributed by atoms with E-state index in [9.17, 15) is 14.4 Å². The van der Waals surface area contributed by atoms with Crippen LogP contribution in [0.4, 0.5) is 0 Å². The molecule has 1 aromatic carbocycles. The number of hydrazone groups is 1. The maximum atomic E-state index is 12.5. The highest BCUT2D eigenvalue weighted by atomic mass is 16.5. The molecule has 0 unspecified atom stereocenters. The number of hydrogen-bond acceptors (Lipinski definition) is 5. The first-order chi connectivity index (χ1) is 11.1. The van der Waals surface area contributed by atoms with E-state index in [2.05, 4.69) is 15.5 Å². The minimum atomic E-state index is -0.943. The van der Waals surface area contributed by atoms with Crippen LogP contribution < -0.4 is 5.43 Å². The van der Waals surface area contributed by atoms with Crippen molar-refractivity contribution in [2.45, 2.75) is 25.9 Å². The molecule has 0 spiro atoms. The molecule has 118 valence electrons. The lowest BCUT2D eigenvalue weighted by molar-refractivity contribution is -0.138. The number of nitrogens with zero attached hydrogens (tertiary/aromatic N) is 1. The first-order valence-corrected chi connectivity index (χ1v) is 7.23. The number of fused-ring (bicyclic) bond motifs is 1. The molecule has 2 heterocycles. The van der Waals surface area contributed by atoms with Gasteiger partial charge in [-0.2, -0.15) is 5.10 Å². The van der Waals surface area contributed by atoms with Crippen molar-refractivity contribution in [3.05, 3.63) is 36.0 Å². The molecule has 0 radical (unpaired) electrons. The smallest absolute Gasteiger partial charge is 0.355 e. The standard InChI is InChI=1S/C16H15N3O4/c1-9(23-16(22)13-6-7-14(20)19-18-13)15(21)11-8-17-12-5-3-2-4-10(11)12/h2-5,8-9,17H,6-7H2,1H3,(H,19,20)/t9-/m1/s1. The number of nitrogens with one attached hydrogen (secondary N) is 2. The highest BCUT2D eigenvalue weighted by molar-refractivity contribution is 6.37. The third-order valence-electron chi connectivity index (χ3n) is 3.65. The number of rotatable bonds is 4. The number of carbonyl (C=O) groups excluding carboxylic acids is 3. The van der Waals surface area contributed by atoms with Gasteiger partial charge in [0.15, 0.2) is 6.10 Å². The summed E-state index contributed by atoms with van der Waals surface area (Å²) in [6.45, 7) is 1.52. The number of hydrogen-bond donors (Lipinski definition) is 2. The predicted octanol–water partition coefficient (Wildman–Crippen LogP) is 1.55. The van der Waals surface area contributed by atoms with Crippen LogP contribution in [0.5, 0.6) is 0 Å². The number of carbonyl (C=O) groups is 3. The number of ketones is 1. The molecular weight excluding hydrogens is 298 g/mol. The molecule has 2 aromatic rings. The second-order valence-electron chi connectivity index (χ2n) is 5.25. The molecule has 23 heavy (non-hydrogen) atoms. The Morgan fingerprint density at radius 1 is 1.26 bits per heavy atom. The van der Waals surface area contributed by atoms with Crippen molar-refractivity contribution in [1.82, 2.24) is 10.4 Å². The monoisotopic (exact) mass is 313 g/mol. The maximum absolute atomic E-state index is 12.5. The quantitative estimate of drug-likeness (QED) is 0.660. The Hall–Kier alpha value is -2.96. The Bertz CT molecular complexity index is 822. The van der Waals surface area contributed by atoms with Gasteiger partial charge in [-0.3, -0.25) is 9.59 Å². The summed E-state index contributed by atoms with van der Waals surface area (Å²) in [6.07, 6.45) is 1.05. The van der Waals surface area contributed by atoms with E-state index in [0.717, 1.165) is 10.9 Å². The van der Waals surface area contributed by atoms with Crippen LogP contribution in [0.25, 0.3) is 10.9 Å². The van der Waals surface area contributed by atoms with E-state index in [1.165, 1.54) is 6.92 Å². The zero-order valence-electron chi connectivity index (χ0n) is 12.5. The van der Waals surface area contributed by atoms with Gasteiger partial charge in [0.1, 0.15) is 5.71 Å². The molecule has 1 amide bonds. The van der Waals surface area contributed by atoms with Gasteiger partial charge in [0.2, 0.25) is 11.7 Å². The van der Waals surface area contributed by atoms with Crippen LogP contribution in [0.3, 0.4) is 0 Å².